The number of carbonyl (C=O) groups excluding carboxylic acids is 1. The summed E-state index contributed by atoms with van der Waals surface area (Å²) in [6, 6.07) is 3.32. The molecule has 1 saturated heterocycles. The molecule has 0 radical (unpaired) electrons. The average molecular weight is 262 g/mol. The SMILES string of the molecule is CCC1(C(=O)O)CCCN(C(=O)c2ccncc2)C1. The molecule has 1 aromatic heterocycles. The summed E-state index contributed by atoms with van der Waals surface area (Å²) in [5.74, 6) is -0.914. The van der Waals surface area contributed by atoms with E-state index in [2.05, 4.69) is 4.98 Å². The molecule has 2 heterocycles. The number of amides is 1. The zero-order valence-electron chi connectivity index (χ0n) is 11.0. The monoisotopic (exact) mass is 262 g/mol. The molecule has 5 heteroatoms. The van der Waals surface area contributed by atoms with Gasteiger partial charge < -0.3 is 10.0 Å². The molecule has 0 aromatic carbocycles. The number of likely N-dealkylation sites (tertiary alicyclic amines) is 1. The molecular formula is C14H18N2O3. The van der Waals surface area contributed by atoms with Gasteiger partial charge in [-0.2, -0.15) is 0 Å². The van der Waals surface area contributed by atoms with Crippen LogP contribution < -0.4 is 0 Å². The Bertz CT molecular complexity index is 475. The molecule has 0 spiro atoms. The summed E-state index contributed by atoms with van der Waals surface area (Å²) in [5.41, 5.74) is -0.228. The number of hydrogen-bond donors (Lipinski definition) is 1. The van der Waals surface area contributed by atoms with Crippen LogP contribution in [0, 0.1) is 5.41 Å². The molecule has 1 fully saturated rings. The van der Waals surface area contributed by atoms with Gasteiger partial charge in [0.05, 0.1) is 5.41 Å². The van der Waals surface area contributed by atoms with Gasteiger partial charge in [0.25, 0.3) is 5.91 Å². The van der Waals surface area contributed by atoms with Crippen LogP contribution in [0.5, 0.6) is 0 Å². The van der Waals surface area contributed by atoms with Crippen molar-refractivity contribution < 1.29 is 14.7 Å². The topological polar surface area (TPSA) is 70.5 Å². The largest absolute Gasteiger partial charge is 0.481 e. The smallest absolute Gasteiger partial charge is 0.311 e. The van der Waals surface area contributed by atoms with Crippen molar-refractivity contribution in [3.63, 3.8) is 0 Å². The Kier molecular flexibility index (Phi) is 3.83. The molecule has 1 N–H and O–H groups in total. The fourth-order valence-corrected chi connectivity index (χ4v) is 2.60. The third-order valence-corrected chi connectivity index (χ3v) is 3.92. The number of carboxylic acids is 1. The van der Waals surface area contributed by atoms with Crippen molar-refractivity contribution in [2.45, 2.75) is 26.2 Å². The Hall–Kier alpha value is -1.91. The second-order valence-corrected chi connectivity index (χ2v) is 5.01. The molecule has 0 bridgehead atoms. The standard InChI is InChI=1S/C14H18N2O3/c1-2-14(13(18)19)6-3-9-16(10-14)12(17)11-4-7-15-8-5-11/h4-5,7-8H,2-3,6,9-10H2,1H3,(H,18,19). The number of pyridine rings is 1. The molecule has 1 aromatic rings. The first-order valence-electron chi connectivity index (χ1n) is 6.52. The lowest BCUT2D eigenvalue weighted by Gasteiger charge is -2.39. The maximum Gasteiger partial charge on any atom is 0.311 e. The van der Waals surface area contributed by atoms with Crippen LogP contribution in [0.1, 0.15) is 36.5 Å². The summed E-state index contributed by atoms with van der Waals surface area (Å²) in [7, 11) is 0. The minimum Gasteiger partial charge on any atom is -0.481 e. The molecule has 5 nitrogen and oxygen atoms in total. The van der Waals surface area contributed by atoms with Gasteiger partial charge in [0.2, 0.25) is 0 Å². The van der Waals surface area contributed by atoms with E-state index in [4.69, 9.17) is 0 Å². The molecule has 0 saturated carbocycles. The minimum atomic E-state index is -0.803. The maximum absolute atomic E-state index is 12.3. The summed E-state index contributed by atoms with van der Waals surface area (Å²) < 4.78 is 0. The van der Waals surface area contributed by atoms with Gasteiger partial charge in [0, 0.05) is 31.0 Å². The minimum absolute atomic E-state index is 0.110. The van der Waals surface area contributed by atoms with E-state index in [1.54, 1.807) is 29.4 Å². The van der Waals surface area contributed by atoms with Crippen molar-refractivity contribution >= 4 is 11.9 Å². The highest BCUT2D eigenvalue weighted by atomic mass is 16.4. The van der Waals surface area contributed by atoms with Gasteiger partial charge in [0.15, 0.2) is 0 Å². The van der Waals surface area contributed by atoms with E-state index in [1.807, 2.05) is 6.92 Å². The summed E-state index contributed by atoms with van der Waals surface area (Å²) in [5, 5.41) is 9.41. The Morgan fingerprint density at radius 2 is 2.11 bits per heavy atom. The van der Waals surface area contributed by atoms with Crippen LogP contribution in [0.3, 0.4) is 0 Å². The zero-order valence-corrected chi connectivity index (χ0v) is 11.0. The number of aliphatic carboxylic acids is 1. The van der Waals surface area contributed by atoms with Gasteiger partial charge in [-0.15, -0.1) is 0 Å². The number of hydrogen-bond acceptors (Lipinski definition) is 3. The molecule has 19 heavy (non-hydrogen) atoms. The molecule has 102 valence electrons. The normalized spacial score (nSPS) is 23.1. The van der Waals surface area contributed by atoms with E-state index in [0.717, 1.165) is 6.42 Å². The Balaban J connectivity index is 2.18. The van der Waals surface area contributed by atoms with E-state index in [9.17, 15) is 14.7 Å². The van der Waals surface area contributed by atoms with E-state index in [0.29, 0.717) is 31.5 Å². The number of carboxylic acid groups (broad SMARTS) is 1. The summed E-state index contributed by atoms with van der Waals surface area (Å²) >= 11 is 0. The molecule has 1 atom stereocenters. The van der Waals surface area contributed by atoms with Crippen molar-refractivity contribution in [2.24, 2.45) is 5.41 Å². The van der Waals surface area contributed by atoms with E-state index in [1.165, 1.54) is 0 Å². The quantitative estimate of drug-likeness (QED) is 0.901. The van der Waals surface area contributed by atoms with Gasteiger partial charge in [0.1, 0.15) is 0 Å². The Morgan fingerprint density at radius 3 is 2.68 bits per heavy atom. The Morgan fingerprint density at radius 1 is 1.42 bits per heavy atom. The van der Waals surface area contributed by atoms with Crippen LogP contribution in [0.25, 0.3) is 0 Å². The highest BCUT2D eigenvalue weighted by Gasteiger charge is 2.42. The van der Waals surface area contributed by atoms with Crippen LogP contribution in [-0.2, 0) is 4.79 Å². The van der Waals surface area contributed by atoms with Crippen LogP contribution in [0.2, 0.25) is 0 Å². The second-order valence-electron chi connectivity index (χ2n) is 5.01. The van der Waals surface area contributed by atoms with Gasteiger partial charge >= 0.3 is 5.97 Å². The first kappa shape index (κ1) is 13.5. The van der Waals surface area contributed by atoms with E-state index >= 15 is 0 Å². The average Bonchev–Trinajstić information content (AvgIpc) is 2.47. The molecule has 1 aliphatic heterocycles. The van der Waals surface area contributed by atoms with Crippen molar-refractivity contribution in [1.29, 1.82) is 0 Å². The third-order valence-electron chi connectivity index (χ3n) is 3.92. The molecule has 0 aliphatic carbocycles. The van der Waals surface area contributed by atoms with Crippen molar-refractivity contribution in [2.75, 3.05) is 13.1 Å². The number of piperidine rings is 1. The Labute approximate surface area is 112 Å². The van der Waals surface area contributed by atoms with E-state index < -0.39 is 11.4 Å². The number of rotatable bonds is 3. The highest BCUT2D eigenvalue weighted by Crippen LogP contribution is 2.34. The van der Waals surface area contributed by atoms with E-state index in [-0.39, 0.29) is 5.91 Å². The van der Waals surface area contributed by atoms with Crippen LogP contribution in [0.4, 0.5) is 0 Å². The molecule has 1 unspecified atom stereocenters. The van der Waals surface area contributed by atoms with Gasteiger partial charge in [-0.3, -0.25) is 14.6 Å². The fourth-order valence-electron chi connectivity index (χ4n) is 2.60. The number of carbonyl (C=O) groups is 2. The lowest BCUT2D eigenvalue weighted by molar-refractivity contribution is -0.152. The third kappa shape index (κ3) is 2.59. The molecular weight excluding hydrogens is 244 g/mol. The first-order chi connectivity index (χ1) is 9.09. The predicted molar refractivity (Wildman–Crippen MR) is 69.7 cm³/mol. The maximum atomic E-state index is 12.3. The molecule has 1 aliphatic rings. The summed E-state index contributed by atoms with van der Waals surface area (Å²) in [6.45, 7) is 2.78. The molecule has 2 rings (SSSR count). The van der Waals surface area contributed by atoms with Crippen molar-refractivity contribution in [3.8, 4) is 0 Å². The summed E-state index contributed by atoms with van der Waals surface area (Å²) in [6.07, 6.45) is 5.06. The summed E-state index contributed by atoms with van der Waals surface area (Å²) in [4.78, 5) is 29.3. The fraction of sp³-hybridized carbons (Fsp3) is 0.500. The van der Waals surface area contributed by atoms with Gasteiger partial charge in [-0.25, -0.2) is 0 Å². The van der Waals surface area contributed by atoms with Crippen molar-refractivity contribution in [3.05, 3.63) is 30.1 Å². The lowest BCUT2D eigenvalue weighted by Crippen LogP contribution is -2.49. The number of nitrogens with zero attached hydrogens (tertiary/aromatic N) is 2. The van der Waals surface area contributed by atoms with Crippen molar-refractivity contribution in [1.82, 2.24) is 9.88 Å². The first-order valence-corrected chi connectivity index (χ1v) is 6.52. The number of aromatic nitrogens is 1. The predicted octanol–water partition coefficient (Wildman–Crippen LogP) is 1.80. The molecule has 1 amide bonds. The second kappa shape index (κ2) is 5.38. The van der Waals surface area contributed by atoms with Gasteiger partial charge in [-0.1, -0.05) is 6.92 Å². The van der Waals surface area contributed by atoms with Crippen LogP contribution >= 0.6 is 0 Å². The van der Waals surface area contributed by atoms with Gasteiger partial charge in [-0.05, 0) is 31.4 Å². The van der Waals surface area contributed by atoms with Crippen LogP contribution in [-0.4, -0.2) is 40.0 Å². The van der Waals surface area contributed by atoms with Crippen LogP contribution in [0.15, 0.2) is 24.5 Å². The highest BCUT2D eigenvalue weighted by molar-refractivity contribution is 5.94. The lowest BCUT2D eigenvalue weighted by atomic mass is 9.77. The zero-order chi connectivity index (χ0) is 13.9.